The number of aryl methyl sites for hydroxylation is 1. The Morgan fingerprint density at radius 2 is 1.61 bits per heavy atom. The molecule has 0 aliphatic rings. The molecule has 3 aromatic rings. The van der Waals surface area contributed by atoms with E-state index in [-0.39, 0.29) is 22.9 Å². The second-order valence-electron chi connectivity index (χ2n) is 6.88. The predicted molar refractivity (Wildman–Crippen MR) is 114 cm³/mol. The molecule has 0 saturated heterocycles. The first-order valence-electron chi connectivity index (χ1n) is 9.88. The molecule has 1 nitrogen and oxygen atoms in total. The van der Waals surface area contributed by atoms with E-state index in [4.69, 9.17) is 4.74 Å². The second-order valence-corrected chi connectivity index (χ2v) is 6.88. The van der Waals surface area contributed by atoms with Crippen LogP contribution in [0.5, 0.6) is 5.75 Å². The number of allylic oxidation sites excluding steroid dienone is 2. The first-order valence-corrected chi connectivity index (χ1v) is 9.88. The summed E-state index contributed by atoms with van der Waals surface area (Å²) >= 11 is 0. The van der Waals surface area contributed by atoms with E-state index < -0.39 is 40.1 Å². The van der Waals surface area contributed by atoms with Crippen molar-refractivity contribution in [3.05, 3.63) is 88.8 Å². The van der Waals surface area contributed by atoms with Gasteiger partial charge < -0.3 is 4.74 Å². The van der Waals surface area contributed by atoms with Crippen molar-refractivity contribution >= 4 is 22.4 Å². The third kappa shape index (κ3) is 4.63. The Bertz CT molecular complexity index is 1150. The van der Waals surface area contributed by atoms with Gasteiger partial charge in [0.25, 0.3) is 0 Å². The standard InChI is InChI=1S/C25H21F5O/c1-3-5-6-7-17-14-16-10-13-19(23(28)20(16)25(30)22(17)27)24(29)21(26)15-8-11-18(12-9-15)31-4-2/h3,5,8-14H,4,6-7H2,1-2H3/b5-3+,24-21?. The molecule has 0 radical (unpaired) electrons. The van der Waals surface area contributed by atoms with Gasteiger partial charge in [-0.15, -0.1) is 0 Å². The van der Waals surface area contributed by atoms with Crippen LogP contribution in [0.2, 0.25) is 0 Å². The van der Waals surface area contributed by atoms with Crippen LogP contribution in [0, 0.1) is 17.5 Å². The van der Waals surface area contributed by atoms with Crippen LogP contribution in [0.3, 0.4) is 0 Å². The molecule has 3 rings (SSSR count). The zero-order valence-corrected chi connectivity index (χ0v) is 17.1. The molecule has 0 unspecified atom stereocenters. The maximum absolute atomic E-state index is 15.0. The van der Waals surface area contributed by atoms with Gasteiger partial charge in [-0.3, -0.25) is 0 Å². The van der Waals surface area contributed by atoms with Gasteiger partial charge in [-0.1, -0.05) is 18.2 Å². The zero-order valence-electron chi connectivity index (χ0n) is 17.1. The average Bonchev–Trinajstić information content (AvgIpc) is 2.77. The fraction of sp³-hybridized carbons (Fsp3) is 0.200. The number of benzene rings is 3. The average molecular weight is 432 g/mol. The van der Waals surface area contributed by atoms with E-state index in [1.807, 2.05) is 6.92 Å². The summed E-state index contributed by atoms with van der Waals surface area (Å²) in [6.45, 7) is 4.00. The summed E-state index contributed by atoms with van der Waals surface area (Å²) in [4.78, 5) is 0. The summed E-state index contributed by atoms with van der Waals surface area (Å²) in [7, 11) is 0. The topological polar surface area (TPSA) is 9.23 Å². The summed E-state index contributed by atoms with van der Waals surface area (Å²) in [5, 5.41) is -0.635. The minimum atomic E-state index is -1.50. The molecule has 0 aliphatic carbocycles. The molecule has 0 spiro atoms. The summed E-state index contributed by atoms with van der Waals surface area (Å²) < 4.78 is 78.7. The van der Waals surface area contributed by atoms with Crippen LogP contribution in [-0.2, 0) is 6.42 Å². The molecule has 3 aromatic carbocycles. The van der Waals surface area contributed by atoms with Crippen LogP contribution in [-0.4, -0.2) is 6.61 Å². The Hall–Kier alpha value is -3.15. The largest absolute Gasteiger partial charge is 0.494 e. The lowest BCUT2D eigenvalue weighted by Crippen LogP contribution is -2.00. The molecule has 162 valence electrons. The minimum Gasteiger partial charge on any atom is -0.494 e. The number of halogens is 5. The normalized spacial score (nSPS) is 12.5. The van der Waals surface area contributed by atoms with Crippen LogP contribution >= 0.6 is 0 Å². The van der Waals surface area contributed by atoms with E-state index in [2.05, 4.69) is 0 Å². The van der Waals surface area contributed by atoms with Gasteiger partial charge >= 0.3 is 0 Å². The van der Waals surface area contributed by atoms with E-state index in [1.165, 1.54) is 36.4 Å². The Morgan fingerprint density at radius 3 is 2.26 bits per heavy atom. The fourth-order valence-corrected chi connectivity index (χ4v) is 3.30. The molecule has 0 amide bonds. The van der Waals surface area contributed by atoms with E-state index in [0.717, 1.165) is 6.07 Å². The van der Waals surface area contributed by atoms with Crippen LogP contribution in [0.15, 0.2) is 54.6 Å². The molecule has 0 saturated carbocycles. The zero-order chi connectivity index (χ0) is 22.5. The molecule has 0 aliphatic heterocycles. The third-order valence-electron chi connectivity index (χ3n) is 4.86. The van der Waals surface area contributed by atoms with Crippen molar-refractivity contribution in [3.8, 4) is 5.75 Å². The van der Waals surface area contributed by atoms with E-state index in [1.54, 1.807) is 19.1 Å². The maximum atomic E-state index is 15.0. The maximum Gasteiger partial charge on any atom is 0.169 e. The molecule has 0 atom stereocenters. The van der Waals surface area contributed by atoms with E-state index in [9.17, 15) is 22.0 Å². The summed E-state index contributed by atoms with van der Waals surface area (Å²) in [6.07, 6.45) is 4.31. The van der Waals surface area contributed by atoms with Crippen molar-refractivity contribution in [1.82, 2.24) is 0 Å². The minimum absolute atomic E-state index is 0.0740. The number of hydrogen-bond acceptors (Lipinski definition) is 1. The fourth-order valence-electron chi connectivity index (χ4n) is 3.30. The Balaban J connectivity index is 2.06. The smallest absolute Gasteiger partial charge is 0.169 e. The highest BCUT2D eigenvalue weighted by molar-refractivity contribution is 5.91. The van der Waals surface area contributed by atoms with Gasteiger partial charge in [-0.25, -0.2) is 22.0 Å². The van der Waals surface area contributed by atoms with Crippen LogP contribution in [0.4, 0.5) is 22.0 Å². The molecule has 31 heavy (non-hydrogen) atoms. The Kier molecular flexibility index (Phi) is 7.10. The molecular formula is C25H21F5O. The SMILES string of the molecule is C/C=C/CCc1cc2ccc(C(F)=C(F)c3ccc(OCC)cc3)c(F)c2c(F)c1F. The Labute approximate surface area is 177 Å². The molecular weight excluding hydrogens is 411 g/mol. The van der Waals surface area contributed by atoms with Gasteiger partial charge in [0.2, 0.25) is 0 Å². The van der Waals surface area contributed by atoms with Crippen molar-refractivity contribution in [3.63, 3.8) is 0 Å². The number of ether oxygens (including phenoxy) is 1. The van der Waals surface area contributed by atoms with Gasteiger partial charge in [0.05, 0.1) is 12.0 Å². The first-order chi connectivity index (χ1) is 14.9. The van der Waals surface area contributed by atoms with Gasteiger partial charge in [-0.05, 0) is 74.0 Å². The van der Waals surface area contributed by atoms with Gasteiger partial charge in [-0.2, -0.15) is 0 Å². The van der Waals surface area contributed by atoms with E-state index in [0.29, 0.717) is 18.8 Å². The summed E-state index contributed by atoms with van der Waals surface area (Å²) in [5.74, 6) is -6.30. The lowest BCUT2D eigenvalue weighted by molar-refractivity contribution is 0.340. The predicted octanol–water partition coefficient (Wildman–Crippen LogP) is 7.93. The lowest BCUT2D eigenvalue weighted by Gasteiger charge is -2.11. The number of fused-ring (bicyclic) bond motifs is 1. The van der Waals surface area contributed by atoms with Gasteiger partial charge in [0, 0.05) is 11.1 Å². The molecule has 0 N–H and O–H groups in total. The molecule has 0 fully saturated rings. The van der Waals surface area contributed by atoms with Crippen molar-refractivity contribution in [2.24, 2.45) is 0 Å². The molecule has 0 heterocycles. The summed E-state index contributed by atoms with van der Waals surface area (Å²) in [5.41, 5.74) is -0.822. The molecule has 6 heteroatoms. The molecule has 0 aromatic heterocycles. The van der Waals surface area contributed by atoms with Gasteiger partial charge in [0.15, 0.2) is 23.3 Å². The van der Waals surface area contributed by atoms with Crippen molar-refractivity contribution in [1.29, 1.82) is 0 Å². The number of hydrogen-bond donors (Lipinski definition) is 0. The molecule has 0 bridgehead atoms. The van der Waals surface area contributed by atoms with Crippen molar-refractivity contribution in [2.75, 3.05) is 6.61 Å². The monoisotopic (exact) mass is 432 g/mol. The van der Waals surface area contributed by atoms with Crippen LogP contribution in [0.1, 0.15) is 37.0 Å². The highest BCUT2D eigenvalue weighted by Crippen LogP contribution is 2.35. The highest BCUT2D eigenvalue weighted by Gasteiger charge is 2.22. The van der Waals surface area contributed by atoms with Crippen LogP contribution in [0.25, 0.3) is 22.4 Å². The van der Waals surface area contributed by atoms with Crippen LogP contribution < -0.4 is 4.74 Å². The van der Waals surface area contributed by atoms with Crippen molar-refractivity contribution < 1.29 is 26.7 Å². The Morgan fingerprint density at radius 1 is 0.903 bits per heavy atom. The van der Waals surface area contributed by atoms with Gasteiger partial charge in [0.1, 0.15) is 11.6 Å². The quantitative estimate of drug-likeness (QED) is 0.209. The highest BCUT2D eigenvalue weighted by atomic mass is 19.2. The third-order valence-corrected chi connectivity index (χ3v) is 4.86. The van der Waals surface area contributed by atoms with Crippen molar-refractivity contribution in [2.45, 2.75) is 26.7 Å². The number of rotatable bonds is 7. The first kappa shape index (κ1) is 22.5. The van der Waals surface area contributed by atoms with E-state index >= 15 is 0 Å². The summed E-state index contributed by atoms with van der Waals surface area (Å²) in [6, 6.07) is 9.08. The lowest BCUT2D eigenvalue weighted by atomic mass is 9.98. The second kappa shape index (κ2) is 9.77.